The van der Waals surface area contributed by atoms with Crippen LogP contribution in [0.3, 0.4) is 0 Å². The van der Waals surface area contributed by atoms with Crippen LogP contribution in [0.15, 0.2) is 12.2 Å². The molecule has 2 aliphatic rings. The van der Waals surface area contributed by atoms with E-state index in [1.54, 1.807) is 0 Å². The molecule has 2 unspecified atom stereocenters. The van der Waals surface area contributed by atoms with Gasteiger partial charge in [-0.05, 0) is 31.6 Å². The van der Waals surface area contributed by atoms with Gasteiger partial charge in [-0.15, -0.1) is 0 Å². The molecule has 11 heavy (non-hydrogen) atoms. The van der Waals surface area contributed by atoms with Gasteiger partial charge in [0, 0.05) is 5.41 Å². The zero-order valence-electron chi connectivity index (χ0n) is 7.14. The molecule has 2 fully saturated rings. The molecule has 0 saturated heterocycles. The average molecular weight is 152 g/mol. The molecule has 1 nitrogen and oxygen atoms in total. The highest BCUT2D eigenvalue weighted by molar-refractivity contribution is 5.24. The van der Waals surface area contributed by atoms with Crippen LogP contribution in [0.4, 0.5) is 0 Å². The van der Waals surface area contributed by atoms with Crippen molar-refractivity contribution in [3.63, 3.8) is 0 Å². The molecule has 0 heterocycles. The van der Waals surface area contributed by atoms with Gasteiger partial charge < -0.3 is 5.11 Å². The molecule has 2 rings (SSSR count). The summed E-state index contributed by atoms with van der Waals surface area (Å²) in [5.74, 6) is 0.642. The Hall–Kier alpha value is -0.300. The van der Waals surface area contributed by atoms with Crippen molar-refractivity contribution >= 4 is 0 Å². The van der Waals surface area contributed by atoms with E-state index in [9.17, 15) is 5.11 Å². The molecule has 1 heteroatoms. The highest BCUT2D eigenvalue weighted by atomic mass is 16.3. The van der Waals surface area contributed by atoms with Crippen LogP contribution in [0.5, 0.6) is 0 Å². The summed E-state index contributed by atoms with van der Waals surface area (Å²) < 4.78 is 0. The number of rotatable bonds is 0. The molecule has 62 valence electrons. The lowest BCUT2D eigenvalue weighted by molar-refractivity contribution is 0.0663. The van der Waals surface area contributed by atoms with Crippen molar-refractivity contribution in [2.45, 2.75) is 38.7 Å². The molecule has 2 atom stereocenters. The second kappa shape index (κ2) is 2.10. The van der Waals surface area contributed by atoms with Gasteiger partial charge in [-0.1, -0.05) is 19.1 Å². The van der Waals surface area contributed by atoms with Crippen molar-refractivity contribution in [3.8, 4) is 0 Å². The largest absolute Gasteiger partial charge is 0.392 e. The first-order valence-corrected chi connectivity index (χ1v) is 4.51. The highest BCUT2D eigenvalue weighted by Gasteiger charge is 2.53. The molecule has 0 aromatic heterocycles. The summed E-state index contributed by atoms with van der Waals surface area (Å²) in [4.78, 5) is 0. The van der Waals surface area contributed by atoms with Gasteiger partial charge in [0.2, 0.25) is 0 Å². The minimum Gasteiger partial charge on any atom is -0.392 e. The number of hydrogen-bond donors (Lipinski definition) is 1. The summed E-state index contributed by atoms with van der Waals surface area (Å²) in [6.07, 6.45) is 4.40. The van der Waals surface area contributed by atoms with Crippen LogP contribution in [0.25, 0.3) is 0 Å². The van der Waals surface area contributed by atoms with Crippen molar-refractivity contribution in [1.82, 2.24) is 0 Å². The van der Waals surface area contributed by atoms with Crippen molar-refractivity contribution in [3.05, 3.63) is 12.2 Å². The van der Waals surface area contributed by atoms with E-state index in [0.29, 0.717) is 5.92 Å². The van der Waals surface area contributed by atoms with Gasteiger partial charge in [-0.2, -0.15) is 0 Å². The third-order valence-electron chi connectivity index (χ3n) is 3.35. The van der Waals surface area contributed by atoms with E-state index < -0.39 is 0 Å². The lowest BCUT2D eigenvalue weighted by atomic mass is 9.75. The van der Waals surface area contributed by atoms with Crippen LogP contribution in [0.2, 0.25) is 0 Å². The van der Waals surface area contributed by atoms with Crippen molar-refractivity contribution in [1.29, 1.82) is 0 Å². The molecule has 0 aliphatic heterocycles. The van der Waals surface area contributed by atoms with E-state index in [4.69, 9.17) is 0 Å². The zero-order chi connectivity index (χ0) is 8.06. The van der Waals surface area contributed by atoms with Gasteiger partial charge in [-0.3, -0.25) is 0 Å². The van der Waals surface area contributed by atoms with Crippen molar-refractivity contribution in [2.24, 2.45) is 11.3 Å². The van der Waals surface area contributed by atoms with Crippen molar-refractivity contribution < 1.29 is 5.11 Å². The van der Waals surface area contributed by atoms with Crippen LogP contribution >= 0.6 is 0 Å². The standard InChI is InChI=1S/C10H16O/c1-7-5-8(2)10(3-4-10)9(11)6-7/h7,9,11H,2-6H2,1H3. The number of hydrogen-bond acceptors (Lipinski definition) is 1. The second-order valence-electron chi connectivity index (χ2n) is 4.32. The third kappa shape index (κ3) is 0.943. The Morgan fingerprint density at radius 1 is 1.55 bits per heavy atom. The van der Waals surface area contributed by atoms with E-state index >= 15 is 0 Å². The van der Waals surface area contributed by atoms with Gasteiger partial charge >= 0.3 is 0 Å². The van der Waals surface area contributed by atoms with E-state index in [-0.39, 0.29) is 11.5 Å². The van der Waals surface area contributed by atoms with E-state index in [0.717, 1.165) is 12.8 Å². The molecule has 0 aromatic carbocycles. The molecule has 1 spiro atoms. The Balaban J connectivity index is 2.16. The molecule has 2 aliphatic carbocycles. The van der Waals surface area contributed by atoms with E-state index in [2.05, 4.69) is 13.5 Å². The summed E-state index contributed by atoms with van der Waals surface area (Å²) >= 11 is 0. The van der Waals surface area contributed by atoms with Crippen LogP contribution in [-0.2, 0) is 0 Å². The summed E-state index contributed by atoms with van der Waals surface area (Å²) in [7, 11) is 0. The van der Waals surface area contributed by atoms with Crippen LogP contribution in [0, 0.1) is 11.3 Å². The van der Waals surface area contributed by atoms with Crippen molar-refractivity contribution in [2.75, 3.05) is 0 Å². The van der Waals surface area contributed by atoms with E-state index in [1.165, 1.54) is 18.4 Å². The summed E-state index contributed by atoms with van der Waals surface area (Å²) in [5, 5.41) is 9.78. The molecule has 1 N–H and O–H groups in total. The Kier molecular flexibility index (Phi) is 1.40. The first kappa shape index (κ1) is 7.35. The smallest absolute Gasteiger partial charge is 0.0636 e. The van der Waals surface area contributed by atoms with Gasteiger partial charge in [0.25, 0.3) is 0 Å². The third-order valence-corrected chi connectivity index (χ3v) is 3.35. The molecule has 0 bridgehead atoms. The minimum atomic E-state index is -0.0845. The maximum Gasteiger partial charge on any atom is 0.0636 e. The molecular weight excluding hydrogens is 136 g/mol. The molecule has 0 radical (unpaired) electrons. The minimum absolute atomic E-state index is 0.0845. The molecule has 2 saturated carbocycles. The Labute approximate surface area is 68.1 Å². The lowest BCUT2D eigenvalue weighted by Crippen LogP contribution is -2.31. The maximum absolute atomic E-state index is 9.78. The summed E-state index contributed by atoms with van der Waals surface area (Å²) in [5.41, 5.74) is 1.50. The number of aliphatic hydroxyl groups excluding tert-OH is 1. The highest BCUT2D eigenvalue weighted by Crippen LogP contribution is 2.59. The van der Waals surface area contributed by atoms with Gasteiger partial charge in [0.05, 0.1) is 6.10 Å². The van der Waals surface area contributed by atoms with Crippen LogP contribution in [0.1, 0.15) is 32.6 Å². The predicted molar refractivity (Wildman–Crippen MR) is 45.2 cm³/mol. The van der Waals surface area contributed by atoms with Gasteiger partial charge in [0.15, 0.2) is 0 Å². The van der Waals surface area contributed by atoms with Gasteiger partial charge in [-0.25, -0.2) is 0 Å². The van der Waals surface area contributed by atoms with E-state index in [1.807, 2.05) is 0 Å². The molecular formula is C10H16O. The fraction of sp³-hybridized carbons (Fsp3) is 0.800. The van der Waals surface area contributed by atoms with Gasteiger partial charge in [0.1, 0.15) is 0 Å². The quantitative estimate of drug-likeness (QED) is 0.527. The lowest BCUT2D eigenvalue weighted by Gasteiger charge is -2.33. The Morgan fingerprint density at radius 3 is 2.64 bits per heavy atom. The summed E-state index contributed by atoms with van der Waals surface area (Å²) in [6, 6.07) is 0. The van der Waals surface area contributed by atoms with Crippen LogP contribution in [-0.4, -0.2) is 11.2 Å². The molecule has 0 aromatic rings. The fourth-order valence-electron chi connectivity index (χ4n) is 2.37. The Morgan fingerprint density at radius 2 is 2.18 bits per heavy atom. The monoisotopic (exact) mass is 152 g/mol. The fourth-order valence-corrected chi connectivity index (χ4v) is 2.37. The van der Waals surface area contributed by atoms with Crippen LogP contribution < -0.4 is 0 Å². The Bertz CT molecular complexity index is 191. The zero-order valence-corrected chi connectivity index (χ0v) is 7.14. The topological polar surface area (TPSA) is 20.2 Å². The average Bonchev–Trinajstić information content (AvgIpc) is 2.62. The predicted octanol–water partition coefficient (Wildman–Crippen LogP) is 2.11. The maximum atomic E-state index is 9.78. The second-order valence-corrected chi connectivity index (χ2v) is 4.32. The summed E-state index contributed by atoms with van der Waals surface area (Å²) in [6.45, 7) is 6.27. The first-order chi connectivity index (χ1) is 5.15. The molecule has 0 amide bonds. The SMILES string of the molecule is C=C1CC(C)CC(O)C12CC2. The first-order valence-electron chi connectivity index (χ1n) is 4.51. The number of aliphatic hydroxyl groups is 1. The normalized spacial score (nSPS) is 41.1.